The number of rotatable bonds is 8. The molecule has 0 saturated carbocycles. The molecule has 2 saturated heterocycles. The summed E-state index contributed by atoms with van der Waals surface area (Å²) in [6, 6.07) is 11.3. The maximum atomic E-state index is 4.45. The van der Waals surface area contributed by atoms with Crippen molar-refractivity contribution >= 4 is 29.9 Å². The zero-order chi connectivity index (χ0) is 18.9. The zero-order valence-electron chi connectivity index (χ0n) is 17.6. The molecule has 2 aliphatic heterocycles. The topological polar surface area (TPSA) is 42.9 Å². The molecule has 2 atom stereocenters. The Kier molecular flexibility index (Phi) is 10.6. The Bertz CT molecular complexity index is 568. The van der Waals surface area contributed by atoms with Crippen LogP contribution < -0.4 is 10.6 Å². The Morgan fingerprint density at radius 3 is 2.21 bits per heavy atom. The van der Waals surface area contributed by atoms with E-state index in [9.17, 15) is 0 Å². The lowest BCUT2D eigenvalue weighted by Gasteiger charge is -2.29. The van der Waals surface area contributed by atoms with Gasteiger partial charge in [-0.3, -0.25) is 9.89 Å². The number of guanidine groups is 1. The molecule has 6 heteroatoms. The van der Waals surface area contributed by atoms with Crippen molar-refractivity contribution in [2.24, 2.45) is 10.9 Å². The summed E-state index contributed by atoms with van der Waals surface area (Å²) >= 11 is 0. The molecule has 28 heavy (non-hydrogen) atoms. The van der Waals surface area contributed by atoms with Gasteiger partial charge >= 0.3 is 0 Å². The van der Waals surface area contributed by atoms with Crippen molar-refractivity contribution in [2.75, 3.05) is 52.9 Å². The van der Waals surface area contributed by atoms with E-state index in [0.29, 0.717) is 12.0 Å². The van der Waals surface area contributed by atoms with Gasteiger partial charge in [0, 0.05) is 26.7 Å². The second kappa shape index (κ2) is 12.6. The maximum absolute atomic E-state index is 4.45. The lowest BCUT2D eigenvalue weighted by molar-refractivity contribution is 0.245. The van der Waals surface area contributed by atoms with Crippen LogP contribution in [0.15, 0.2) is 35.3 Å². The van der Waals surface area contributed by atoms with Crippen molar-refractivity contribution in [3.63, 3.8) is 0 Å². The van der Waals surface area contributed by atoms with Crippen molar-refractivity contribution in [2.45, 2.75) is 38.6 Å². The number of halogens is 1. The fraction of sp³-hybridized carbons (Fsp3) is 0.682. The molecule has 0 amide bonds. The maximum Gasteiger partial charge on any atom is 0.191 e. The molecular formula is C22H38IN5. The van der Waals surface area contributed by atoms with Gasteiger partial charge in [0.15, 0.2) is 5.96 Å². The first-order chi connectivity index (χ1) is 13.3. The third-order valence-electron chi connectivity index (χ3n) is 5.84. The standard InChI is InChI=1S/C22H37N5.HI/c1-19(18-26-12-6-7-13-26)16-24-22(23-2)25-17-21(27-14-8-9-15-27)20-10-4-3-5-11-20;/h3-5,10-11,19,21H,6-9,12-18H2,1-2H3,(H2,23,24,25);1H. The highest BCUT2D eigenvalue weighted by Gasteiger charge is 2.23. The lowest BCUT2D eigenvalue weighted by atomic mass is 10.1. The van der Waals surface area contributed by atoms with Crippen LogP contribution in [-0.4, -0.2) is 68.6 Å². The summed E-state index contributed by atoms with van der Waals surface area (Å²) in [5, 5.41) is 7.11. The number of nitrogens with zero attached hydrogens (tertiary/aromatic N) is 3. The quantitative estimate of drug-likeness (QED) is 0.327. The second-order valence-electron chi connectivity index (χ2n) is 8.12. The minimum Gasteiger partial charge on any atom is -0.356 e. The van der Waals surface area contributed by atoms with Gasteiger partial charge in [-0.05, 0) is 63.3 Å². The number of nitrogens with one attached hydrogen (secondary N) is 2. The highest BCUT2D eigenvalue weighted by Crippen LogP contribution is 2.24. The highest BCUT2D eigenvalue weighted by molar-refractivity contribution is 14.0. The first-order valence-electron chi connectivity index (χ1n) is 10.7. The normalized spacial score (nSPS) is 20.6. The van der Waals surface area contributed by atoms with Gasteiger partial charge in [0.25, 0.3) is 0 Å². The SMILES string of the molecule is CN=C(NCC(C)CN1CCCC1)NCC(c1ccccc1)N1CCCC1.I. The third-order valence-corrected chi connectivity index (χ3v) is 5.84. The molecule has 0 spiro atoms. The van der Waals surface area contributed by atoms with E-state index < -0.39 is 0 Å². The first kappa shape index (κ1) is 23.4. The summed E-state index contributed by atoms with van der Waals surface area (Å²) in [6.45, 7) is 10.3. The molecule has 2 unspecified atom stereocenters. The molecule has 1 aromatic carbocycles. The molecule has 0 aliphatic carbocycles. The van der Waals surface area contributed by atoms with Crippen LogP contribution in [0.3, 0.4) is 0 Å². The molecule has 0 bridgehead atoms. The molecule has 158 valence electrons. The molecule has 2 N–H and O–H groups in total. The minimum absolute atomic E-state index is 0. The van der Waals surface area contributed by atoms with E-state index in [1.807, 2.05) is 7.05 Å². The predicted octanol–water partition coefficient (Wildman–Crippen LogP) is 3.34. The fourth-order valence-corrected chi connectivity index (χ4v) is 4.34. The van der Waals surface area contributed by atoms with Gasteiger partial charge in [0.1, 0.15) is 0 Å². The van der Waals surface area contributed by atoms with Crippen molar-refractivity contribution < 1.29 is 0 Å². The molecule has 2 heterocycles. The first-order valence-corrected chi connectivity index (χ1v) is 10.7. The summed E-state index contributed by atoms with van der Waals surface area (Å²) in [5.74, 6) is 1.55. The van der Waals surface area contributed by atoms with Gasteiger partial charge in [-0.1, -0.05) is 37.3 Å². The molecule has 0 radical (unpaired) electrons. The van der Waals surface area contributed by atoms with Crippen LogP contribution in [0.5, 0.6) is 0 Å². The number of likely N-dealkylation sites (tertiary alicyclic amines) is 2. The summed E-state index contributed by atoms with van der Waals surface area (Å²) in [7, 11) is 1.87. The summed E-state index contributed by atoms with van der Waals surface area (Å²) in [4.78, 5) is 9.63. The van der Waals surface area contributed by atoms with E-state index >= 15 is 0 Å². The molecule has 2 aliphatic rings. The van der Waals surface area contributed by atoms with Crippen LogP contribution in [0.1, 0.15) is 44.2 Å². The van der Waals surface area contributed by atoms with Gasteiger partial charge in [-0.2, -0.15) is 0 Å². The Morgan fingerprint density at radius 2 is 1.57 bits per heavy atom. The monoisotopic (exact) mass is 499 g/mol. The smallest absolute Gasteiger partial charge is 0.191 e. The number of benzene rings is 1. The minimum atomic E-state index is 0. The third kappa shape index (κ3) is 7.19. The highest BCUT2D eigenvalue weighted by atomic mass is 127. The Morgan fingerprint density at radius 1 is 0.964 bits per heavy atom. The molecule has 5 nitrogen and oxygen atoms in total. The van der Waals surface area contributed by atoms with Crippen LogP contribution in [0, 0.1) is 5.92 Å². The van der Waals surface area contributed by atoms with Crippen molar-refractivity contribution in [1.82, 2.24) is 20.4 Å². The molecule has 0 aromatic heterocycles. The Labute approximate surface area is 188 Å². The second-order valence-corrected chi connectivity index (χ2v) is 8.12. The van der Waals surface area contributed by atoms with Crippen LogP contribution in [0.2, 0.25) is 0 Å². The van der Waals surface area contributed by atoms with E-state index in [1.165, 1.54) is 64.0 Å². The van der Waals surface area contributed by atoms with Gasteiger partial charge in [-0.25, -0.2) is 0 Å². The molecule has 1 aromatic rings. The lowest BCUT2D eigenvalue weighted by Crippen LogP contribution is -2.44. The van der Waals surface area contributed by atoms with Crippen LogP contribution in [-0.2, 0) is 0 Å². The summed E-state index contributed by atoms with van der Waals surface area (Å²) in [5.41, 5.74) is 1.39. The van der Waals surface area contributed by atoms with E-state index in [0.717, 1.165) is 19.0 Å². The average molecular weight is 499 g/mol. The van der Waals surface area contributed by atoms with Crippen molar-refractivity contribution in [3.05, 3.63) is 35.9 Å². The zero-order valence-corrected chi connectivity index (χ0v) is 19.9. The van der Waals surface area contributed by atoms with E-state index in [-0.39, 0.29) is 24.0 Å². The fourth-order valence-electron chi connectivity index (χ4n) is 4.34. The molecular weight excluding hydrogens is 461 g/mol. The van der Waals surface area contributed by atoms with Crippen LogP contribution >= 0.6 is 24.0 Å². The van der Waals surface area contributed by atoms with Gasteiger partial charge < -0.3 is 15.5 Å². The van der Waals surface area contributed by atoms with Gasteiger partial charge in [0.05, 0.1) is 6.04 Å². The van der Waals surface area contributed by atoms with Crippen LogP contribution in [0.25, 0.3) is 0 Å². The Hall–Kier alpha value is -0.860. The van der Waals surface area contributed by atoms with Crippen molar-refractivity contribution in [3.8, 4) is 0 Å². The van der Waals surface area contributed by atoms with Gasteiger partial charge in [-0.15, -0.1) is 24.0 Å². The average Bonchev–Trinajstić information content (AvgIpc) is 3.39. The van der Waals surface area contributed by atoms with Crippen molar-refractivity contribution in [1.29, 1.82) is 0 Å². The van der Waals surface area contributed by atoms with Crippen LogP contribution in [0.4, 0.5) is 0 Å². The number of aliphatic imine (C=N–C) groups is 1. The summed E-state index contributed by atoms with van der Waals surface area (Å²) < 4.78 is 0. The molecule has 2 fully saturated rings. The number of hydrogen-bond donors (Lipinski definition) is 2. The molecule has 3 rings (SSSR count). The largest absolute Gasteiger partial charge is 0.356 e. The van der Waals surface area contributed by atoms with E-state index in [1.54, 1.807) is 0 Å². The number of hydrogen-bond acceptors (Lipinski definition) is 3. The van der Waals surface area contributed by atoms with E-state index in [2.05, 4.69) is 62.7 Å². The van der Waals surface area contributed by atoms with Gasteiger partial charge in [0.2, 0.25) is 0 Å². The Balaban J connectivity index is 0.00000280. The van der Waals surface area contributed by atoms with E-state index in [4.69, 9.17) is 0 Å². The predicted molar refractivity (Wildman–Crippen MR) is 130 cm³/mol. The summed E-state index contributed by atoms with van der Waals surface area (Å²) in [6.07, 6.45) is 5.34.